The first-order valence-corrected chi connectivity index (χ1v) is 26.2. The smallest absolute Gasteiger partial charge is 0.494 e. The van der Waals surface area contributed by atoms with Gasteiger partial charge in [-0.15, -0.1) is 13.2 Å². The molecule has 4 heterocycles. The minimum absolute atomic E-state index is 0.0258. The van der Waals surface area contributed by atoms with E-state index < -0.39 is 21.9 Å². The minimum atomic E-state index is -4.89. The summed E-state index contributed by atoms with van der Waals surface area (Å²) in [5.74, 6) is 0.192. The number of sulfone groups is 1. The lowest BCUT2D eigenvalue weighted by Gasteiger charge is -2.46. The molecule has 0 amide bonds. The van der Waals surface area contributed by atoms with Crippen LogP contribution in [0.1, 0.15) is 142 Å². The molecule has 3 aromatic rings. The van der Waals surface area contributed by atoms with E-state index >= 15 is 0 Å². The molecule has 0 atom stereocenters. The third-order valence-electron chi connectivity index (χ3n) is 13.9. The van der Waals surface area contributed by atoms with Crippen molar-refractivity contribution in [2.24, 2.45) is 0 Å². The van der Waals surface area contributed by atoms with Gasteiger partial charge in [-0.2, -0.15) is 0 Å². The topological polar surface area (TPSA) is 78.4 Å². The lowest BCUT2D eigenvalue weighted by Crippen LogP contribution is -2.56. The van der Waals surface area contributed by atoms with Crippen molar-refractivity contribution in [3.8, 4) is 11.5 Å². The standard InChI is InChI=1S/C50H76F3N5O4S/c1-3-5-6-7-8-9-10-11-12-13-14-15-16-17-18-19-38-61-43-20-23-45(24-21-43)63(59,60)48-40-54-47-25-22-44(62-50(51,52)53)39-46(47)49(48)58-32-28-42(29-33-58)57-36-34-56(35-37-57)41-26-30-55(4-2)31-27-41/h20-25,39-42H,3-19,26-38H2,1-2H3. The molecule has 13 heteroatoms. The Labute approximate surface area is 377 Å². The molecule has 3 aliphatic heterocycles. The summed E-state index contributed by atoms with van der Waals surface area (Å²) in [6.45, 7) is 13.8. The van der Waals surface area contributed by atoms with Crippen molar-refractivity contribution < 1.29 is 31.1 Å². The van der Waals surface area contributed by atoms with Crippen LogP contribution in [0.25, 0.3) is 10.9 Å². The number of halogens is 3. The summed E-state index contributed by atoms with van der Waals surface area (Å²) in [5, 5.41) is 0.317. The number of ether oxygens (including phenoxy) is 2. The maximum atomic E-state index is 14.5. The molecule has 0 bridgehead atoms. The Balaban J connectivity index is 1.00. The normalized spacial score (nSPS) is 18.1. The van der Waals surface area contributed by atoms with E-state index in [4.69, 9.17) is 4.74 Å². The largest absolute Gasteiger partial charge is 0.573 e. The molecule has 1 aromatic heterocycles. The fourth-order valence-electron chi connectivity index (χ4n) is 10.1. The Kier molecular flexibility index (Phi) is 19.5. The molecule has 0 unspecified atom stereocenters. The molecule has 63 heavy (non-hydrogen) atoms. The lowest BCUT2D eigenvalue weighted by atomic mass is 9.99. The van der Waals surface area contributed by atoms with Gasteiger partial charge in [-0.05, 0) is 94.2 Å². The second-order valence-corrected chi connectivity index (χ2v) is 20.2. The molecule has 2 aromatic carbocycles. The Morgan fingerprint density at radius 1 is 0.635 bits per heavy atom. The fraction of sp³-hybridized carbons (Fsp3) is 0.700. The van der Waals surface area contributed by atoms with E-state index in [0.717, 1.165) is 58.4 Å². The molecule has 0 spiro atoms. The van der Waals surface area contributed by atoms with Crippen molar-refractivity contribution in [1.29, 1.82) is 0 Å². The number of unbranched alkanes of at least 4 members (excludes halogenated alkanes) is 15. The van der Waals surface area contributed by atoms with Gasteiger partial charge in [-0.3, -0.25) is 14.8 Å². The highest BCUT2D eigenvalue weighted by Crippen LogP contribution is 2.40. The van der Waals surface area contributed by atoms with Crippen LogP contribution >= 0.6 is 0 Å². The van der Waals surface area contributed by atoms with Crippen LogP contribution in [0.2, 0.25) is 0 Å². The monoisotopic (exact) mass is 900 g/mol. The highest BCUT2D eigenvalue weighted by Gasteiger charge is 2.35. The van der Waals surface area contributed by atoms with Crippen molar-refractivity contribution >= 4 is 26.4 Å². The van der Waals surface area contributed by atoms with Crippen LogP contribution in [0, 0.1) is 0 Å². The Morgan fingerprint density at radius 2 is 1.13 bits per heavy atom. The second-order valence-electron chi connectivity index (χ2n) is 18.3. The van der Waals surface area contributed by atoms with Gasteiger partial charge in [-0.25, -0.2) is 8.42 Å². The summed E-state index contributed by atoms with van der Waals surface area (Å²) in [4.78, 5) is 14.3. The first-order chi connectivity index (χ1) is 30.6. The highest BCUT2D eigenvalue weighted by molar-refractivity contribution is 7.91. The lowest BCUT2D eigenvalue weighted by molar-refractivity contribution is -0.274. The molecule has 3 fully saturated rings. The third-order valence-corrected chi connectivity index (χ3v) is 15.6. The van der Waals surface area contributed by atoms with Gasteiger partial charge >= 0.3 is 6.36 Å². The van der Waals surface area contributed by atoms with Crippen molar-refractivity contribution in [3.63, 3.8) is 0 Å². The Bertz CT molecular complexity index is 1890. The summed E-state index contributed by atoms with van der Waals surface area (Å²) in [6, 6.07) is 11.4. The number of nitrogens with zero attached hydrogens (tertiary/aromatic N) is 5. The first kappa shape index (κ1) is 49.3. The number of piperidine rings is 2. The first-order valence-electron chi connectivity index (χ1n) is 24.7. The predicted octanol–water partition coefficient (Wildman–Crippen LogP) is 11.7. The Hall–Kier alpha value is -3.13. The van der Waals surface area contributed by atoms with E-state index in [9.17, 15) is 21.6 Å². The number of fused-ring (bicyclic) bond motifs is 1. The number of alkyl halides is 3. The van der Waals surface area contributed by atoms with Crippen molar-refractivity contribution in [2.45, 2.75) is 171 Å². The number of anilines is 1. The molecule has 3 saturated heterocycles. The molecular weight excluding hydrogens is 824 g/mol. The zero-order valence-electron chi connectivity index (χ0n) is 38.4. The van der Waals surface area contributed by atoms with Crippen LogP contribution in [-0.2, 0) is 9.84 Å². The van der Waals surface area contributed by atoms with E-state index in [-0.39, 0.29) is 9.79 Å². The quantitative estimate of drug-likeness (QED) is 0.0773. The molecule has 352 valence electrons. The summed E-state index contributed by atoms with van der Waals surface area (Å²) >= 11 is 0. The molecular formula is C50H76F3N5O4S. The molecule has 3 aliphatic rings. The number of hydrogen-bond donors (Lipinski definition) is 0. The second kappa shape index (κ2) is 25.0. The van der Waals surface area contributed by atoms with Crippen LogP contribution in [-0.4, -0.2) is 112 Å². The van der Waals surface area contributed by atoms with E-state index in [0.29, 0.717) is 54.1 Å². The van der Waals surface area contributed by atoms with Crippen LogP contribution in [0.4, 0.5) is 18.9 Å². The van der Waals surface area contributed by atoms with Gasteiger partial charge in [0.1, 0.15) is 16.4 Å². The van der Waals surface area contributed by atoms with Crippen molar-refractivity contribution in [1.82, 2.24) is 19.7 Å². The molecule has 0 saturated carbocycles. The summed E-state index contributed by atoms with van der Waals surface area (Å²) in [6.07, 6.45) is 21.4. The van der Waals surface area contributed by atoms with Crippen LogP contribution < -0.4 is 14.4 Å². The maximum Gasteiger partial charge on any atom is 0.573 e. The van der Waals surface area contributed by atoms with E-state index in [2.05, 4.69) is 38.3 Å². The molecule has 0 N–H and O–H groups in total. The average Bonchev–Trinajstić information content (AvgIpc) is 3.29. The van der Waals surface area contributed by atoms with Gasteiger partial charge in [0.15, 0.2) is 0 Å². The zero-order chi connectivity index (χ0) is 44.5. The van der Waals surface area contributed by atoms with Gasteiger partial charge in [0.2, 0.25) is 9.84 Å². The zero-order valence-corrected chi connectivity index (χ0v) is 39.2. The minimum Gasteiger partial charge on any atom is -0.494 e. The molecule has 0 aliphatic carbocycles. The van der Waals surface area contributed by atoms with Crippen LogP contribution in [0.5, 0.6) is 11.5 Å². The van der Waals surface area contributed by atoms with E-state index in [1.165, 1.54) is 140 Å². The summed E-state index contributed by atoms with van der Waals surface area (Å²) < 4.78 is 79.4. The third kappa shape index (κ3) is 14.9. The Morgan fingerprint density at radius 3 is 1.63 bits per heavy atom. The number of likely N-dealkylation sites (tertiary alicyclic amines) is 1. The van der Waals surface area contributed by atoms with Crippen molar-refractivity contribution in [3.05, 3.63) is 48.7 Å². The number of piperazine rings is 1. The van der Waals surface area contributed by atoms with Gasteiger partial charge < -0.3 is 19.3 Å². The number of pyridine rings is 1. The predicted molar refractivity (Wildman–Crippen MR) is 249 cm³/mol. The number of aromatic nitrogens is 1. The molecule has 9 nitrogen and oxygen atoms in total. The SMILES string of the molecule is CCCCCCCCCCCCCCCCCCOc1ccc(S(=O)(=O)c2cnc3ccc(OC(F)(F)F)cc3c2N2CCC(N3CCN(C4CCN(CC)CC4)CC3)CC2)cc1. The highest BCUT2D eigenvalue weighted by atomic mass is 32.2. The van der Waals surface area contributed by atoms with Crippen LogP contribution in [0.3, 0.4) is 0 Å². The molecule has 6 rings (SSSR count). The van der Waals surface area contributed by atoms with Gasteiger partial charge in [0, 0.05) is 62.9 Å². The number of hydrogen-bond acceptors (Lipinski definition) is 9. The average molecular weight is 900 g/mol. The fourth-order valence-corrected chi connectivity index (χ4v) is 11.5. The number of rotatable bonds is 25. The number of benzene rings is 2. The van der Waals surface area contributed by atoms with Gasteiger partial charge in [-0.1, -0.05) is 110 Å². The summed E-state index contributed by atoms with van der Waals surface area (Å²) in [5.41, 5.74) is 0.775. The van der Waals surface area contributed by atoms with Gasteiger partial charge in [0.05, 0.1) is 22.7 Å². The van der Waals surface area contributed by atoms with E-state index in [1.807, 2.05) is 4.90 Å². The van der Waals surface area contributed by atoms with Gasteiger partial charge in [0.25, 0.3) is 0 Å². The van der Waals surface area contributed by atoms with Crippen LogP contribution in [0.15, 0.2) is 58.5 Å². The summed E-state index contributed by atoms with van der Waals surface area (Å²) in [7, 11) is -4.13. The van der Waals surface area contributed by atoms with Crippen molar-refractivity contribution in [2.75, 3.05) is 70.4 Å². The molecule has 0 radical (unpaired) electrons. The van der Waals surface area contributed by atoms with E-state index in [1.54, 1.807) is 24.3 Å². The maximum absolute atomic E-state index is 14.5.